The van der Waals surface area contributed by atoms with Gasteiger partial charge in [-0.15, -0.1) is 0 Å². The zero-order valence-corrected chi connectivity index (χ0v) is 16.0. The molecule has 2 amide bonds. The molecule has 4 rings (SSSR count). The summed E-state index contributed by atoms with van der Waals surface area (Å²) in [6, 6.07) is 17.0. The summed E-state index contributed by atoms with van der Waals surface area (Å²) in [6.45, 7) is 4.00. The first-order chi connectivity index (χ1) is 13.6. The summed E-state index contributed by atoms with van der Waals surface area (Å²) in [5, 5.41) is 3.96. The largest absolute Gasteiger partial charge is 0.451 e. The zero-order chi connectivity index (χ0) is 19.5. The highest BCUT2D eigenvalue weighted by Gasteiger charge is 2.26. The lowest BCUT2D eigenvalue weighted by Gasteiger charge is -2.31. The first-order valence-electron chi connectivity index (χ1n) is 9.73. The van der Waals surface area contributed by atoms with Crippen LogP contribution in [0.15, 0.2) is 59.0 Å². The Labute approximate surface area is 164 Å². The summed E-state index contributed by atoms with van der Waals surface area (Å²) in [4.78, 5) is 26.8. The van der Waals surface area contributed by atoms with Crippen molar-refractivity contribution in [1.82, 2.24) is 10.2 Å². The fourth-order valence-electron chi connectivity index (χ4n) is 3.63. The highest BCUT2D eigenvalue weighted by Crippen LogP contribution is 2.23. The third kappa shape index (κ3) is 3.93. The number of carbonyl (C=O) groups is 2. The molecule has 0 aliphatic carbocycles. The van der Waals surface area contributed by atoms with Crippen molar-refractivity contribution in [1.29, 1.82) is 0 Å². The smallest absolute Gasteiger partial charge is 0.289 e. The van der Waals surface area contributed by atoms with Gasteiger partial charge in [0.05, 0.1) is 0 Å². The molecule has 0 radical (unpaired) electrons. The third-order valence-corrected chi connectivity index (χ3v) is 5.40. The number of aryl methyl sites for hydroxylation is 1. The summed E-state index contributed by atoms with van der Waals surface area (Å²) in [5.74, 6) is 0.681. The molecule has 1 aromatic heterocycles. The Balaban J connectivity index is 1.28. The minimum Gasteiger partial charge on any atom is -0.451 e. The van der Waals surface area contributed by atoms with Gasteiger partial charge in [0.1, 0.15) is 5.58 Å². The highest BCUT2D eigenvalue weighted by molar-refractivity contribution is 5.96. The monoisotopic (exact) mass is 376 g/mol. The van der Waals surface area contributed by atoms with E-state index in [1.165, 1.54) is 0 Å². The van der Waals surface area contributed by atoms with Gasteiger partial charge in [0.15, 0.2) is 5.76 Å². The number of hydrogen-bond donors (Lipinski definition) is 1. The van der Waals surface area contributed by atoms with Gasteiger partial charge in [-0.2, -0.15) is 0 Å². The Morgan fingerprint density at radius 2 is 1.79 bits per heavy atom. The lowest BCUT2D eigenvalue weighted by atomic mass is 9.96. The Bertz CT molecular complexity index is 950. The maximum atomic E-state index is 12.7. The molecule has 28 heavy (non-hydrogen) atoms. The van der Waals surface area contributed by atoms with Crippen LogP contribution >= 0.6 is 0 Å². The Morgan fingerprint density at radius 3 is 2.50 bits per heavy atom. The number of fused-ring (bicyclic) bond motifs is 1. The number of benzene rings is 2. The van der Waals surface area contributed by atoms with Crippen LogP contribution in [0.5, 0.6) is 0 Å². The second kappa shape index (κ2) is 7.89. The Hall–Kier alpha value is -3.08. The lowest BCUT2D eigenvalue weighted by molar-refractivity contribution is 0.0655. The molecule has 0 spiro atoms. The molecule has 1 N–H and O–H groups in total. The van der Waals surface area contributed by atoms with E-state index in [-0.39, 0.29) is 11.8 Å². The van der Waals surface area contributed by atoms with Crippen molar-refractivity contribution in [3.63, 3.8) is 0 Å². The van der Waals surface area contributed by atoms with Gasteiger partial charge in [-0.25, -0.2) is 0 Å². The van der Waals surface area contributed by atoms with E-state index in [0.29, 0.717) is 36.9 Å². The molecule has 0 unspecified atom stereocenters. The fraction of sp³-hybridized carbons (Fsp3) is 0.304. The second-order valence-electron chi connectivity index (χ2n) is 7.46. The molecular weight excluding hydrogens is 352 g/mol. The van der Waals surface area contributed by atoms with E-state index in [4.69, 9.17) is 4.42 Å². The first kappa shape index (κ1) is 18.3. The lowest BCUT2D eigenvalue weighted by Crippen LogP contribution is -2.41. The van der Waals surface area contributed by atoms with Crippen LogP contribution < -0.4 is 5.32 Å². The number of para-hydroxylation sites is 1. The predicted molar refractivity (Wildman–Crippen MR) is 108 cm³/mol. The van der Waals surface area contributed by atoms with E-state index in [1.54, 1.807) is 0 Å². The number of likely N-dealkylation sites (tertiary alicyclic amines) is 1. The van der Waals surface area contributed by atoms with E-state index in [0.717, 1.165) is 29.4 Å². The minimum atomic E-state index is -0.0571. The van der Waals surface area contributed by atoms with Crippen molar-refractivity contribution in [2.45, 2.75) is 19.8 Å². The molecule has 144 valence electrons. The number of carbonyl (C=O) groups excluding carboxylic acids is 2. The van der Waals surface area contributed by atoms with E-state index in [1.807, 2.05) is 66.4 Å². The molecule has 5 heteroatoms. The maximum absolute atomic E-state index is 12.7. The normalized spacial score (nSPS) is 15.0. The summed E-state index contributed by atoms with van der Waals surface area (Å²) in [7, 11) is 0. The molecule has 2 heterocycles. The summed E-state index contributed by atoms with van der Waals surface area (Å²) < 4.78 is 5.70. The number of nitrogens with one attached hydrogen (secondary N) is 1. The molecule has 1 fully saturated rings. The average Bonchev–Trinajstić information content (AvgIpc) is 3.16. The van der Waals surface area contributed by atoms with Gasteiger partial charge in [-0.3, -0.25) is 9.59 Å². The second-order valence-corrected chi connectivity index (χ2v) is 7.46. The van der Waals surface area contributed by atoms with Crippen molar-refractivity contribution in [2.75, 3.05) is 19.6 Å². The number of nitrogens with zero attached hydrogens (tertiary/aromatic N) is 1. The highest BCUT2D eigenvalue weighted by atomic mass is 16.3. The van der Waals surface area contributed by atoms with Gasteiger partial charge < -0.3 is 14.6 Å². The molecule has 1 saturated heterocycles. The summed E-state index contributed by atoms with van der Waals surface area (Å²) in [5.41, 5.74) is 2.56. The quantitative estimate of drug-likeness (QED) is 0.748. The van der Waals surface area contributed by atoms with Crippen LogP contribution in [-0.4, -0.2) is 36.3 Å². The van der Waals surface area contributed by atoms with Crippen molar-refractivity contribution >= 4 is 22.8 Å². The van der Waals surface area contributed by atoms with Crippen LogP contribution in [0.1, 0.15) is 39.3 Å². The molecule has 3 aromatic rings. The number of rotatable bonds is 4. The topological polar surface area (TPSA) is 62.6 Å². The van der Waals surface area contributed by atoms with Crippen LogP contribution in [0.2, 0.25) is 0 Å². The molecule has 0 bridgehead atoms. The van der Waals surface area contributed by atoms with Crippen LogP contribution in [-0.2, 0) is 0 Å². The molecule has 5 nitrogen and oxygen atoms in total. The molecule has 2 aromatic carbocycles. The van der Waals surface area contributed by atoms with Gasteiger partial charge in [0.2, 0.25) is 0 Å². The molecule has 0 atom stereocenters. The standard InChI is InChI=1S/C23H24N2O3/c1-16-6-8-18(9-7-16)22(26)24-15-17-10-12-25(13-11-17)23(27)21-14-19-4-2-3-5-20(19)28-21/h2-9,14,17H,10-13,15H2,1H3,(H,24,26). The Kier molecular flexibility index (Phi) is 5.15. The first-order valence-corrected chi connectivity index (χ1v) is 9.73. The Morgan fingerprint density at radius 1 is 1.07 bits per heavy atom. The SMILES string of the molecule is Cc1ccc(C(=O)NCC2CCN(C(=O)c3cc4ccccc4o3)CC2)cc1. The van der Waals surface area contributed by atoms with Crippen LogP contribution in [0.4, 0.5) is 0 Å². The van der Waals surface area contributed by atoms with Crippen molar-refractivity contribution < 1.29 is 14.0 Å². The summed E-state index contributed by atoms with van der Waals surface area (Å²) in [6.07, 6.45) is 1.75. The number of hydrogen-bond acceptors (Lipinski definition) is 3. The third-order valence-electron chi connectivity index (χ3n) is 5.40. The van der Waals surface area contributed by atoms with Crippen molar-refractivity contribution in [3.8, 4) is 0 Å². The van der Waals surface area contributed by atoms with Gasteiger partial charge in [0.25, 0.3) is 11.8 Å². The number of amides is 2. The maximum Gasteiger partial charge on any atom is 0.289 e. The van der Waals surface area contributed by atoms with Crippen LogP contribution in [0.3, 0.4) is 0 Å². The van der Waals surface area contributed by atoms with E-state index >= 15 is 0 Å². The van der Waals surface area contributed by atoms with E-state index in [2.05, 4.69) is 5.32 Å². The van der Waals surface area contributed by atoms with Crippen molar-refractivity contribution in [3.05, 3.63) is 71.5 Å². The molecular formula is C23H24N2O3. The summed E-state index contributed by atoms with van der Waals surface area (Å²) >= 11 is 0. The van der Waals surface area contributed by atoms with Gasteiger partial charge in [-0.1, -0.05) is 35.9 Å². The molecule has 1 aliphatic rings. The molecule has 0 saturated carbocycles. The van der Waals surface area contributed by atoms with Crippen LogP contribution in [0.25, 0.3) is 11.0 Å². The average molecular weight is 376 g/mol. The van der Waals surface area contributed by atoms with Gasteiger partial charge in [0, 0.05) is 30.6 Å². The van der Waals surface area contributed by atoms with Gasteiger partial charge in [-0.05, 0) is 49.9 Å². The van der Waals surface area contributed by atoms with Crippen molar-refractivity contribution in [2.24, 2.45) is 5.92 Å². The minimum absolute atomic E-state index is 0.0409. The fourth-order valence-corrected chi connectivity index (χ4v) is 3.63. The molecule has 1 aliphatic heterocycles. The van der Waals surface area contributed by atoms with E-state index in [9.17, 15) is 9.59 Å². The van der Waals surface area contributed by atoms with E-state index < -0.39 is 0 Å². The van der Waals surface area contributed by atoms with Gasteiger partial charge >= 0.3 is 0 Å². The van der Waals surface area contributed by atoms with Crippen LogP contribution in [0, 0.1) is 12.8 Å². The predicted octanol–water partition coefficient (Wildman–Crippen LogP) is 4.02. The zero-order valence-electron chi connectivity index (χ0n) is 16.0. The number of furan rings is 1. The number of piperidine rings is 1.